The molecule has 0 radical (unpaired) electrons. The molecule has 2 aromatic heterocycles. The van der Waals surface area contributed by atoms with Crippen molar-refractivity contribution in [2.24, 2.45) is 5.14 Å². The lowest BCUT2D eigenvalue weighted by Gasteiger charge is -2.23. The molecular formula is C19H18N4O4S. The van der Waals surface area contributed by atoms with Crippen LogP contribution < -0.4 is 5.14 Å². The Hall–Kier alpha value is -3.17. The number of nitrogens with one attached hydrogen (secondary N) is 1. The Morgan fingerprint density at radius 3 is 2.75 bits per heavy atom. The van der Waals surface area contributed by atoms with Crippen molar-refractivity contribution >= 4 is 32.7 Å². The van der Waals surface area contributed by atoms with E-state index in [1.54, 1.807) is 18.3 Å². The Balaban J connectivity index is 1.75. The van der Waals surface area contributed by atoms with E-state index in [4.69, 9.17) is 10.2 Å². The smallest absolute Gasteiger partial charge is 0.407 e. The second kappa shape index (κ2) is 6.77. The van der Waals surface area contributed by atoms with E-state index in [9.17, 15) is 13.2 Å². The van der Waals surface area contributed by atoms with Gasteiger partial charge in [-0.1, -0.05) is 18.2 Å². The van der Waals surface area contributed by atoms with E-state index < -0.39 is 16.1 Å². The van der Waals surface area contributed by atoms with Gasteiger partial charge in [-0.3, -0.25) is 0 Å². The van der Waals surface area contributed by atoms with E-state index in [-0.39, 0.29) is 4.90 Å². The van der Waals surface area contributed by atoms with Crippen LogP contribution in [0.1, 0.15) is 12.0 Å². The maximum Gasteiger partial charge on any atom is 0.407 e. The number of H-pyrrole nitrogens is 1. The molecule has 0 aliphatic carbocycles. The van der Waals surface area contributed by atoms with E-state index in [0.717, 1.165) is 22.1 Å². The molecule has 0 fully saturated rings. The highest BCUT2D eigenvalue weighted by Crippen LogP contribution is 2.31. The Morgan fingerprint density at radius 2 is 2.07 bits per heavy atom. The number of pyridine rings is 1. The number of aromatic amines is 1. The minimum atomic E-state index is -3.79. The average Bonchev–Trinajstić information content (AvgIpc) is 3.10. The van der Waals surface area contributed by atoms with E-state index in [1.165, 1.54) is 17.0 Å². The number of carbonyl (C=O) groups is 1. The summed E-state index contributed by atoms with van der Waals surface area (Å²) >= 11 is 0. The van der Waals surface area contributed by atoms with Crippen LogP contribution in [0.4, 0.5) is 4.79 Å². The fourth-order valence-electron chi connectivity index (χ4n) is 3.37. The first kappa shape index (κ1) is 18.2. The van der Waals surface area contributed by atoms with Gasteiger partial charge in [-0.05, 0) is 35.8 Å². The summed E-state index contributed by atoms with van der Waals surface area (Å²) < 4.78 is 23.3. The van der Waals surface area contributed by atoms with Crippen LogP contribution in [-0.4, -0.2) is 47.6 Å². The number of nitrogens with two attached hydrogens (primary N) is 1. The lowest BCUT2D eigenvalue weighted by Crippen LogP contribution is -2.33. The quantitative estimate of drug-likeness (QED) is 0.624. The van der Waals surface area contributed by atoms with Gasteiger partial charge in [0.1, 0.15) is 5.65 Å². The largest absolute Gasteiger partial charge is 0.465 e. The van der Waals surface area contributed by atoms with Gasteiger partial charge in [0.15, 0.2) is 0 Å². The molecule has 4 N–H and O–H groups in total. The van der Waals surface area contributed by atoms with Crippen LogP contribution in [0.3, 0.4) is 0 Å². The highest BCUT2D eigenvalue weighted by molar-refractivity contribution is 7.89. The number of nitrogens with zero attached hydrogens (tertiary/aromatic N) is 2. The second-order valence-corrected chi connectivity index (χ2v) is 8.16. The van der Waals surface area contributed by atoms with Gasteiger partial charge < -0.3 is 15.0 Å². The maximum absolute atomic E-state index is 11.6. The third-order valence-corrected chi connectivity index (χ3v) is 5.76. The molecule has 3 aromatic rings. The van der Waals surface area contributed by atoms with Crippen molar-refractivity contribution in [2.45, 2.75) is 11.3 Å². The van der Waals surface area contributed by atoms with Gasteiger partial charge in [-0.2, -0.15) is 0 Å². The minimum absolute atomic E-state index is 0.0446. The highest BCUT2D eigenvalue weighted by Gasteiger charge is 2.19. The topological polar surface area (TPSA) is 129 Å². The molecule has 1 aromatic carbocycles. The molecule has 1 aliphatic heterocycles. The molecule has 0 spiro atoms. The Kier molecular flexibility index (Phi) is 4.40. The fourth-order valence-corrected chi connectivity index (χ4v) is 3.93. The fraction of sp³-hybridized carbons (Fsp3) is 0.158. The molecule has 0 bridgehead atoms. The summed E-state index contributed by atoms with van der Waals surface area (Å²) in [5, 5.41) is 15.2. The zero-order valence-electron chi connectivity index (χ0n) is 14.8. The first-order valence-corrected chi connectivity index (χ1v) is 10.2. The van der Waals surface area contributed by atoms with E-state index >= 15 is 0 Å². The van der Waals surface area contributed by atoms with Gasteiger partial charge in [0.05, 0.1) is 4.90 Å². The van der Waals surface area contributed by atoms with Crippen molar-refractivity contribution in [1.29, 1.82) is 0 Å². The molecular weight excluding hydrogens is 380 g/mol. The van der Waals surface area contributed by atoms with Gasteiger partial charge >= 0.3 is 6.09 Å². The summed E-state index contributed by atoms with van der Waals surface area (Å²) in [6, 6.07) is 8.36. The summed E-state index contributed by atoms with van der Waals surface area (Å²) in [5.74, 6) is 0. The highest BCUT2D eigenvalue weighted by atomic mass is 32.2. The molecule has 3 heterocycles. The summed E-state index contributed by atoms with van der Waals surface area (Å²) in [6.07, 6.45) is 5.14. The molecule has 0 saturated carbocycles. The maximum atomic E-state index is 11.6. The van der Waals surface area contributed by atoms with Crippen molar-refractivity contribution in [3.05, 3.63) is 54.4 Å². The van der Waals surface area contributed by atoms with Crippen molar-refractivity contribution in [1.82, 2.24) is 14.9 Å². The number of hydrogen-bond acceptors (Lipinski definition) is 4. The van der Waals surface area contributed by atoms with Crippen molar-refractivity contribution in [2.75, 3.05) is 13.1 Å². The molecule has 28 heavy (non-hydrogen) atoms. The number of rotatable bonds is 3. The van der Waals surface area contributed by atoms with Gasteiger partial charge in [-0.15, -0.1) is 0 Å². The lowest BCUT2D eigenvalue weighted by molar-refractivity contribution is 0.150. The molecule has 1 aliphatic rings. The molecule has 8 nitrogen and oxygen atoms in total. The van der Waals surface area contributed by atoms with E-state index in [2.05, 4.69) is 9.97 Å². The van der Waals surface area contributed by atoms with Crippen LogP contribution in [0.25, 0.3) is 27.7 Å². The first-order valence-electron chi connectivity index (χ1n) is 8.60. The number of aromatic nitrogens is 2. The summed E-state index contributed by atoms with van der Waals surface area (Å²) in [4.78, 5) is 20.1. The molecule has 9 heteroatoms. The molecule has 0 saturated heterocycles. The number of benzene rings is 1. The Bertz CT molecular complexity index is 1210. The van der Waals surface area contributed by atoms with Crippen molar-refractivity contribution in [3.8, 4) is 11.1 Å². The third-order valence-electron chi connectivity index (χ3n) is 4.85. The standard InChI is InChI=1S/C19H18N4O4S/c20-28(26,27)15-3-1-2-13(8-15)14-9-16-17(11-22-18(16)21-10-14)12-4-6-23(7-5-12)19(24)25/h1-4,8-11H,5-7H2,(H,21,22)(H,24,25)(H2,20,26,27). The summed E-state index contributed by atoms with van der Waals surface area (Å²) in [5.41, 5.74) is 4.20. The van der Waals surface area contributed by atoms with Gasteiger partial charge in [0, 0.05) is 42.0 Å². The zero-order valence-corrected chi connectivity index (χ0v) is 15.6. The van der Waals surface area contributed by atoms with Crippen molar-refractivity contribution in [3.63, 3.8) is 0 Å². The predicted octanol–water partition coefficient (Wildman–Crippen LogP) is 2.64. The monoisotopic (exact) mass is 398 g/mol. The zero-order chi connectivity index (χ0) is 19.9. The summed E-state index contributed by atoms with van der Waals surface area (Å²) in [6.45, 7) is 0.790. The van der Waals surface area contributed by atoms with Crippen LogP contribution in [0.2, 0.25) is 0 Å². The molecule has 144 valence electrons. The first-order chi connectivity index (χ1) is 13.3. The normalized spacial score (nSPS) is 14.9. The van der Waals surface area contributed by atoms with E-state index in [0.29, 0.717) is 30.7 Å². The number of primary sulfonamides is 1. The number of hydrogen-bond donors (Lipinski definition) is 3. The third kappa shape index (κ3) is 3.37. The minimum Gasteiger partial charge on any atom is -0.465 e. The number of sulfonamides is 1. The summed E-state index contributed by atoms with van der Waals surface area (Å²) in [7, 11) is -3.79. The van der Waals surface area contributed by atoms with E-state index in [1.807, 2.05) is 18.3 Å². The Labute approximate surface area is 161 Å². The van der Waals surface area contributed by atoms with Gasteiger partial charge in [-0.25, -0.2) is 23.3 Å². The number of amides is 1. The van der Waals surface area contributed by atoms with Gasteiger partial charge in [0.2, 0.25) is 10.0 Å². The second-order valence-electron chi connectivity index (χ2n) is 6.60. The average molecular weight is 398 g/mol. The molecule has 1 amide bonds. The SMILES string of the molecule is NS(=O)(=O)c1cccc(-c2cnc3[nH]cc(C4=CCN(C(=O)O)CC4)c3c2)c1. The Morgan fingerprint density at radius 1 is 1.25 bits per heavy atom. The van der Waals surface area contributed by atoms with Crippen LogP contribution >= 0.6 is 0 Å². The van der Waals surface area contributed by atoms with Crippen LogP contribution in [0.15, 0.2) is 53.7 Å². The number of fused-ring (bicyclic) bond motifs is 1. The van der Waals surface area contributed by atoms with Crippen LogP contribution in [0.5, 0.6) is 0 Å². The lowest BCUT2D eigenvalue weighted by atomic mass is 9.98. The molecule has 0 unspecified atom stereocenters. The van der Waals surface area contributed by atoms with Crippen molar-refractivity contribution < 1.29 is 18.3 Å². The van der Waals surface area contributed by atoms with Gasteiger partial charge in [0.25, 0.3) is 0 Å². The predicted molar refractivity (Wildman–Crippen MR) is 105 cm³/mol. The van der Waals surface area contributed by atoms with Crippen LogP contribution in [-0.2, 0) is 10.0 Å². The molecule has 0 atom stereocenters. The number of carboxylic acid groups (broad SMARTS) is 1. The molecule has 4 rings (SSSR count). The van der Waals surface area contributed by atoms with Crippen LogP contribution in [0, 0.1) is 0 Å².